The normalized spacial score (nSPS) is 10.8. The van der Waals surface area contributed by atoms with E-state index < -0.39 is 6.43 Å². The van der Waals surface area contributed by atoms with Gasteiger partial charge >= 0.3 is 0 Å². The summed E-state index contributed by atoms with van der Waals surface area (Å²) in [6.07, 6.45) is -2.45. The summed E-state index contributed by atoms with van der Waals surface area (Å²) in [7, 11) is 0. The molecule has 0 aliphatic heterocycles. The van der Waals surface area contributed by atoms with E-state index in [2.05, 4.69) is 0 Å². The lowest BCUT2D eigenvalue weighted by Crippen LogP contribution is -1.94. The van der Waals surface area contributed by atoms with Crippen molar-refractivity contribution in [1.82, 2.24) is 0 Å². The van der Waals surface area contributed by atoms with Crippen molar-refractivity contribution in [2.24, 2.45) is 0 Å². The first-order valence-corrected chi connectivity index (χ1v) is 4.72. The molecule has 0 saturated heterocycles. The molecule has 0 aromatic heterocycles. The third kappa shape index (κ3) is 1.88. The molecule has 0 atom stereocenters. The Balaban J connectivity index is 3.33. The first-order valence-electron chi connectivity index (χ1n) is 3.26. The molecule has 4 heteroatoms. The summed E-state index contributed by atoms with van der Waals surface area (Å²) in [6.45, 7) is 1.60. The molecule has 1 aromatic carbocycles. The van der Waals surface area contributed by atoms with Crippen LogP contribution in [0.4, 0.5) is 8.78 Å². The monoisotopic (exact) mass is 302 g/mol. The van der Waals surface area contributed by atoms with Gasteiger partial charge in [-0.15, -0.1) is 0 Å². The topological polar surface area (TPSA) is 0 Å². The molecule has 0 fully saturated rings. The number of hydrogen-bond acceptors (Lipinski definition) is 0. The Hall–Kier alpha value is 0.1000. The van der Waals surface area contributed by atoms with Crippen LogP contribution in [-0.4, -0.2) is 0 Å². The van der Waals surface area contributed by atoms with Crippen molar-refractivity contribution < 1.29 is 8.78 Å². The van der Waals surface area contributed by atoms with Gasteiger partial charge in [0.2, 0.25) is 0 Å². The van der Waals surface area contributed by atoms with Gasteiger partial charge in [0, 0.05) is 14.2 Å². The number of alkyl halides is 2. The molecule has 0 unspecified atom stereocenters. The lowest BCUT2D eigenvalue weighted by Gasteiger charge is -2.08. The zero-order valence-corrected chi connectivity index (χ0v) is 9.16. The summed E-state index contributed by atoms with van der Waals surface area (Å²) in [5, 5.41) is 0.394. The highest BCUT2D eigenvalue weighted by atomic mass is 127. The number of hydrogen-bond donors (Lipinski definition) is 0. The molecule has 0 aliphatic rings. The van der Waals surface area contributed by atoms with Gasteiger partial charge in [-0.05, 0) is 47.2 Å². The summed E-state index contributed by atoms with van der Waals surface area (Å²) in [6, 6.07) is 3.22. The molecule has 0 radical (unpaired) electrons. The summed E-state index contributed by atoms with van der Waals surface area (Å²) >= 11 is 7.57. The van der Waals surface area contributed by atoms with Crippen molar-refractivity contribution >= 4 is 34.2 Å². The highest BCUT2D eigenvalue weighted by Gasteiger charge is 2.15. The second-order valence-electron chi connectivity index (χ2n) is 2.37. The van der Waals surface area contributed by atoms with Crippen LogP contribution in [0.25, 0.3) is 0 Å². The van der Waals surface area contributed by atoms with Crippen molar-refractivity contribution in [1.29, 1.82) is 0 Å². The van der Waals surface area contributed by atoms with Gasteiger partial charge in [-0.25, -0.2) is 8.78 Å². The molecule has 0 amide bonds. The van der Waals surface area contributed by atoms with E-state index >= 15 is 0 Å². The maximum Gasteiger partial charge on any atom is 0.265 e. The molecular formula is C8H6ClF2I. The van der Waals surface area contributed by atoms with Gasteiger partial charge in [-0.1, -0.05) is 11.6 Å². The zero-order valence-electron chi connectivity index (χ0n) is 6.24. The average Bonchev–Trinajstić information content (AvgIpc) is 1.97. The lowest BCUT2D eigenvalue weighted by atomic mass is 10.1. The zero-order chi connectivity index (χ0) is 9.30. The fourth-order valence-corrected chi connectivity index (χ4v) is 1.92. The van der Waals surface area contributed by atoms with Gasteiger partial charge in [0.1, 0.15) is 0 Å². The Morgan fingerprint density at radius 2 is 2.00 bits per heavy atom. The molecule has 0 saturated carbocycles. The molecule has 0 nitrogen and oxygen atoms in total. The van der Waals surface area contributed by atoms with Crippen LogP contribution in [0.1, 0.15) is 17.6 Å². The first-order chi connectivity index (χ1) is 5.54. The van der Waals surface area contributed by atoms with Crippen LogP contribution in [0.2, 0.25) is 5.02 Å². The van der Waals surface area contributed by atoms with Crippen LogP contribution in [0.3, 0.4) is 0 Å². The second kappa shape index (κ2) is 3.87. The van der Waals surface area contributed by atoms with Crippen LogP contribution >= 0.6 is 34.2 Å². The molecular weight excluding hydrogens is 296 g/mol. The minimum Gasteiger partial charge on any atom is -0.205 e. The van der Waals surface area contributed by atoms with E-state index in [4.69, 9.17) is 11.6 Å². The second-order valence-corrected chi connectivity index (χ2v) is 3.94. The van der Waals surface area contributed by atoms with Crippen LogP contribution < -0.4 is 0 Å². The van der Waals surface area contributed by atoms with Crippen molar-refractivity contribution in [3.05, 3.63) is 31.9 Å². The van der Waals surface area contributed by atoms with Gasteiger partial charge < -0.3 is 0 Å². The fraction of sp³-hybridized carbons (Fsp3) is 0.250. The molecule has 0 heterocycles. The van der Waals surface area contributed by atoms with Crippen LogP contribution in [-0.2, 0) is 0 Å². The number of rotatable bonds is 1. The van der Waals surface area contributed by atoms with E-state index in [-0.39, 0.29) is 5.56 Å². The first kappa shape index (κ1) is 10.2. The van der Waals surface area contributed by atoms with Crippen molar-refractivity contribution in [3.63, 3.8) is 0 Å². The summed E-state index contributed by atoms with van der Waals surface area (Å²) < 4.78 is 25.4. The number of benzene rings is 1. The van der Waals surface area contributed by atoms with E-state index in [1.165, 1.54) is 0 Å². The Morgan fingerprint density at radius 1 is 1.42 bits per heavy atom. The highest BCUT2D eigenvalue weighted by molar-refractivity contribution is 14.1. The van der Waals surface area contributed by atoms with Crippen LogP contribution in [0, 0.1) is 10.5 Å². The summed E-state index contributed by atoms with van der Waals surface area (Å²) in [5.74, 6) is 0. The van der Waals surface area contributed by atoms with Gasteiger partial charge in [0.05, 0.1) is 0 Å². The quantitative estimate of drug-likeness (QED) is 0.682. The van der Waals surface area contributed by atoms with Crippen LogP contribution in [0.15, 0.2) is 12.1 Å². The lowest BCUT2D eigenvalue weighted by molar-refractivity contribution is 0.149. The molecule has 0 N–H and O–H groups in total. The van der Waals surface area contributed by atoms with E-state index in [0.29, 0.717) is 14.2 Å². The molecule has 1 rings (SSSR count). The molecule has 12 heavy (non-hydrogen) atoms. The predicted octanol–water partition coefficient (Wildman–Crippen LogP) is 4.19. The van der Waals surface area contributed by atoms with E-state index in [1.807, 2.05) is 22.6 Å². The summed E-state index contributed by atoms with van der Waals surface area (Å²) in [5.41, 5.74) is 0.515. The largest absolute Gasteiger partial charge is 0.265 e. The van der Waals surface area contributed by atoms with Gasteiger partial charge in [0.25, 0.3) is 6.43 Å². The van der Waals surface area contributed by atoms with Gasteiger partial charge in [0.15, 0.2) is 0 Å². The number of halogens is 4. The smallest absolute Gasteiger partial charge is 0.205 e. The Bertz CT molecular complexity index is 299. The van der Waals surface area contributed by atoms with Gasteiger partial charge in [-0.3, -0.25) is 0 Å². The van der Waals surface area contributed by atoms with E-state index in [9.17, 15) is 8.78 Å². The van der Waals surface area contributed by atoms with Crippen LogP contribution in [0.5, 0.6) is 0 Å². The molecule has 0 aliphatic carbocycles. The van der Waals surface area contributed by atoms with Crippen molar-refractivity contribution in [2.45, 2.75) is 13.3 Å². The third-order valence-corrected chi connectivity index (χ3v) is 2.96. The maximum absolute atomic E-state index is 12.4. The Morgan fingerprint density at radius 3 is 2.42 bits per heavy atom. The predicted molar refractivity (Wildman–Crippen MR) is 53.9 cm³/mol. The van der Waals surface area contributed by atoms with E-state index in [0.717, 1.165) is 0 Å². The van der Waals surface area contributed by atoms with Crippen molar-refractivity contribution in [3.8, 4) is 0 Å². The van der Waals surface area contributed by atoms with Crippen molar-refractivity contribution in [2.75, 3.05) is 0 Å². The highest BCUT2D eigenvalue weighted by Crippen LogP contribution is 2.31. The SMILES string of the molecule is Cc1c(Cl)ccc(I)c1C(F)F. The Kier molecular flexibility index (Phi) is 3.29. The minimum absolute atomic E-state index is 0.0445. The fourth-order valence-electron chi connectivity index (χ4n) is 0.937. The molecule has 1 aromatic rings. The summed E-state index contributed by atoms with van der Waals surface area (Å²) in [4.78, 5) is 0. The maximum atomic E-state index is 12.4. The average molecular weight is 302 g/mol. The molecule has 66 valence electrons. The minimum atomic E-state index is -2.45. The Labute approximate surface area is 88.1 Å². The molecule has 0 bridgehead atoms. The third-order valence-electron chi connectivity index (χ3n) is 1.61. The standard InChI is InChI=1S/C8H6ClF2I/c1-4-5(9)2-3-6(12)7(4)8(10)11/h2-3,8H,1H3. The van der Waals surface area contributed by atoms with Gasteiger partial charge in [-0.2, -0.15) is 0 Å². The van der Waals surface area contributed by atoms with E-state index in [1.54, 1.807) is 19.1 Å². The molecule has 0 spiro atoms.